The van der Waals surface area contributed by atoms with Gasteiger partial charge in [0, 0.05) is 17.6 Å². The molecule has 27 heavy (non-hydrogen) atoms. The van der Waals surface area contributed by atoms with Crippen LogP contribution in [0.2, 0.25) is 0 Å². The lowest BCUT2D eigenvalue weighted by molar-refractivity contribution is 0.0413. The van der Waals surface area contributed by atoms with Crippen LogP contribution < -0.4 is 9.47 Å². The first-order valence-electron chi connectivity index (χ1n) is 10.4. The highest BCUT2D eigenvalue weighted by Crippen LogP contribution is 2.31. The summed E-state index contributed by atoms with van der Waals surface area (Å²) < 4.78 is 16.5. The average molecular weight is 376 g/mol. The molecule has 2 saturated carbocycles. The third-order valence-corrected chi connectivity index (χ3v) is 5.99. The highest BCUT2D eigenvalue weighted by atomic mass is 16.6. The maximum Gasteiger partial charge on any atom is 0.410 e. The molecule has 0 saturated heterocycles. The van der Waals surface area contributed by atoms with Crippen molar-refractivity contribution in [2.24, 2.45) is 0 Å². The van der Waals surface area contributed by atoms with E-state index in [0.717, 1.165) is 37.0 Å². The third kappa shape index (κ3) is 5.08. The van der Waals surface area contributed by atoms with Gasteiger partial charge in [-0.25, -0.2) is 4.79 Å². The van der Waals surface area contributed by atoms with Crippen molar-refractivity contribution < 1.29 is 19.0 Å². The molecule has 5 nitrogen and oxygen atoms in total. The summed E-state index contributed by atoms with van der Waals surface area (Å²) in [5.74, 6) is 1.45. The van der Waals surface area contributed by atoms with Crippen molar-refractivity contribution in [3.63, 3.8) is 0 Å². The van der Waals surface area contributed by atoms with Crippen LogP contribution in [0.25, 0.3) is 0 Å². The lowest BCUT2D eigenvalue weighted by atomic mass is 9.89. The van der Waals surface area contributed by atoms with Crippen molar-refractivity contribution in [2.45, 2.75) is 82.9 Å². The van der Waals surface area contributed by atoms with Crippen LogP contribution in [0.4, 0.5) is 4.79 Å². The first-order chi connectivity index (χ1) is 13.2. The minimum Gasteiger partial charge on any atom is -0.497 e. The first kappa shape index (κ1) is 19.8. The largest absolute Gasteiger partial charge is 0.497 e. The summed E-state index contributed by atoms with van der Waals surface area (Å²) in [5, 5.41) is 0. The summed E-state index contributed by atoms with van der Waals surface area (Å²) in [4.78, 5) is 15.2. The molecule has 0 aliphatic heterocycles. The van der Waals surface area contributed by atoms with E-state index in [1.807, 2.05) is 18.2 Å². The molecule has 150 valence electrons. The van der Waals surface area contributed by atoms with Gasteiger partial charge in [0.25, 0.3) is 0 Å². The fourth-order valence-electron chi connectivity index (χ4n) is 4.52. The molecule has 0 heterocycles. The molecule has 2 aliphatic rings. The predicted molar refractivity (Wildman–Crippen MR) is 105 cm³/mol. The minimum absolute atomic E-state index is 0.168. The fraction of sp³-hybridized carbons (Fsp3) is 0.682. The Hall–Kier alpha value is -1.91. The molecule has 0 radical (unpaired) electrons. The normalized spacial score (nSPS) is 18.7. The molecule has 0 bridgehead atoms. The van der Waals surface area contributed by atoms with Crippen molar-refractivity contribution in [1.29, 1.82) is 0 Å². The van der Waals surface area contributed by atoms with Crippen LogP contribution in [0.3, 0.4) is 0 Å². The summed E-state index contributed by atoms with van der Waals surface area (Å²) in [7, 11) is 3.26. The van der Waals surface area contributed by atoms with Crippen molar-refractivity contribution in [1.82, 2.24) is 4.90 Å². The number of methoxy groups -OCH3 is 2. The van der Waals surface area contributed by atoms with E-state index in [-0.39, 0.29) is 12.7 Å². The number of hydrogen-bond donors (Lipinski definition) is 0. The topological polar surface area (TPSA) is 48.0 Å². The van der Waals surface area contributed by atoms with Gasteiger partial charge in [0.05, 0.1) is 14.2 Å². The van der Waals surface area contributed by atoms with Crippen LogP contribution in [0.5, 0.6) is 11.5 Å². The quantitative estimate of drug-likeness (QED) is 0.676. The maximum absolute atomic E-state index is 13.1. The lowest BCUT2D eigenvalue weighted by Crippen LogP contribution is -2.49. The number of hydrogen-bond acceptors (Lipinski definition) is 4. The second-order valence-corrected chi connectivity index (χ2v) is 7.72. The Morgan fingerprint density at radius 3 is 2.04 bits per heavy atom. The van der Waals surface area contributed by atoms with Gasteiger partial charge in [-0.15, -0.1) is 0 Å². The Morgan fingerprint density at radius 2 is 1.52 bits per heavy atom. The number of rotatable bonds is 6. The number of nitrogens with zero attached hydrogens (tertiary/aromatic N) is 1. The molecular weight excluding hydrogens is 342 g/mol. The van der Waals surface area contributed by atoms with Crippen molar-refractivity contribution in [3.05, 3.63) is 23.8 Å². The predicted octanol–water partition coefficient (Wildman–Crippen LogP) is 5.31. The monoisotopic (exact) mass is 375 g/mol. The van der Waals surface area contributed by atoms with E-state index in [4.69, 9.17) is 14.2 Å². The molecule has 0 atom stereocenters. The first-order valence-corrected chi connectivity index (χ1v) is 10.4. The van der Waals surface area contributed by atoms with Crippen LogP contribution in [-0.4, -0.2) is 37.3 Å². The fourth-order valence-corrected chi connectivity index (χ4v) is 4.52. The summed E-state index contributed by atoms with van der Waals surface area (Å²) in [6.45, 7) is 0.204. The third-order valence-electron chi connectivity index (χ3n) is 5.99. The Morgan fingerprint density at radius 1 is 0.926 bits per heavy atom. The van der Waals surface area contributed by atoms with Crippen LogP contribution >= 0.6 is 0 Å². The molecular formula is C22H33NO4. The standard InChI is InChI=1S/C22H33NO4/c1-25-20-13-14-21(26-2)17(15-20)16-27-22(24)23(18-9-5-3-6-10-18)19-11-7-4-8-12-19/h13-15,18-19H,3-12,16H2,1-2H3. The van der Waals surface area contributed by atoms with E-state index >= 15 is 0 Å². The van der Waals surface area contributed by atoms with Gasteiger partial charge >= 0.3 is 6.09 Å². The maximum atomic E-state index is 13.1. The van der Waals surface area contributed by atoms with E-state index in [0.29, 0.717) is 17.8 Å². The highest BCUT2D eigenvalue weighted by molar-refractivity contribution is 5.68. The Balaban J connectivity index is 1.70. The number of carbonyl (C=O) groups excluding carboxylic acids is 1. The van der Waals surface area contributed by atoms with Crippen molar-refractivity contribution in [2.75, 3.05) is 14.2 Å². The Kier molecular flexibility index (Phi) is 7.25. The molecule has 3 rings (SSSR count). The van der Waals surface area contributed by atoms with E-state index in [1.165, 1.54) is 38.5 Å². The van der Waals surface area contributed by atoms with E-state index in [1.54, 1.807) is 14.2 Å². The molecule has 5 heteroatoms. The molecule has 1 aromatic carbocycles. The van der Waals surface area contributed by atoms with E-state index in [9.17, 15) is 4.79 Å². The van der Waals surface area contributed by atoms with Crippen molar-refractivity contribution >= 4 is 6.09 Å². The van der Waals surface area contributed by atoms with Gasteiger partial charge in [-0.05, 0) is 43.9 Å². The van der Waals surface area contributed by atoms with Gasteiger partial charge in [-0.3, -0.25) is 0 Å². The average Bonchev–Trinajstić information content (AvgIpc) is 2.73. The number of ether oxygens (including phenoxy) is 3. The van der Waals surface area contributed by atoms with Crippen LogP contribution in [0.1, 0.15) is 69.8 Å². The smallest absolute Gasteiger partial charge is 0.410 e. The van der Waals surface area contributed by atoms with Crippen LogP contribution in [0.15, 0.2) is 18.2 Å². The molecule has 0 unspecified atom stereocenters. The van der Waals surface area contributed by atoms with Crippen molar-refractivity contribution in [3.8, 4) is 11.5 Å². The SMILES string of the molecule is COc1ccc(OC)c(COC(=O)N(C2CCCCC2)C2CCCCC2)c1. The zero-order valence-electron chi connectivity index (χ0n) is 16.7. The van der Waals surface area contributed by atoms with E-state index in [2.05, 4.69) is 4.90 Å². The molecule has 0 N–H and O–H groups in total. The molecule has 1 amide bonds. The zero-order chi connectivity index (χ0) is 19.1. The molecule has 1 aromatic rings. The van der Waals surface area contributed by atoms with Gasteiger partial charge < -0.3 is 19.1 Å². The summed E-state index contributed by atoms with van der Waals surface area (Å²) in [5.41, 5.74) is 0.831. The van der Waals surface area contributed by atoms with Crippen LogP contribution in [-0.2, 0) is 11.3 Å². The molecule has 0 spiro atoms. The summed E-state index contributed by atoms with van der Waals surface area (Å²) >= 11 is 0. The number of benzene rings is 1. The van der Waals surface area contributed by atoms with Crippen LogP contribution in [0, 0.1) is 0 Å². The Bertz CT molecular complexity index is 588. The lowest BCUT2D eigenvalue weighted by Gasteiger charge is -2.40. The van der Waals surface area contributed by atoms with Gasteiger partial charge in [0.15, 0.2) is 0 Å². The van der Waals surface area contributed by atoms with Gasteiger partial charge in [-0.2, -0.15) is 0 Å². The number of amides is 1. The zero-order valence-corrected chi connectivity index (χ0v) is 16.7. The molecule has 0 aromatic heterocycles. The Labute approximate surface area is 163 Å². The highest BCUT2D eigenvalue weighted by Gasteiger charge is 2.33. The minimum atomic E-state index is -0.168. The van der Waals surface area contributed by atoms with Gasteiger partial charge in [-0.1, -0.05) is 38.5 Å². The van der Waals surface area contributed by atoms with Gasteiger partial charge in [0.1, 0.15) is 18.1 Å². The summed E-state index contributed by atoms with van der Waals surface area (Å²) in [6, 6.07) is 6.24. The second kappa shape index (κ2) is 9.86. The number of carbonyl (C=O) groups is 1. The molecule has 2 fully saturated rings. The molecule has 2 aliphatic carbocycles. The second-order valence-electron chi connectivity index (χ2n) is 7.72. The van der Waals surface area contributed by atoms with E-state index < -0.39 is 0 Å². The summed E-state index contributed by atoms with van der Waals surface area (Å²) in [6.07, 6.45) is 11.7. The van der Waals surface area contributed by atoms with Gasteiger partial charge in [0.2, 0.25) is 0 Å².